The van der Waals surface area contributed by atoms with Gasteiger partial charge in [0.25, 0.3) is 0 Å². The minimum absolute atomic E-state index is 0. The monoisotopic (exact) mass is 2410 g/mol. The molecule has 0 spiro atoms. The van der Waals surface area contributed by atoms with Gasteiger partial charge in [0.05, 0.1) is 56.4 Å². The number of rotatable bonds is 15. The molecule has 27 rings (SSSR count). The van der Waals surface area contributed by atoms with E-state index in [-0.39, 0.29) is 63.2 Å². The van der Waals surface area contributed by atoms with Gasteiger partial charge in [0, 0.05) is 201 Å². The molecule has 0 unspecified atom stereocenters. The number of aromatic nitrogens is 24. The van der Waals surface area contributed by atoms with Gasteiger partial charge in [-0.25, -0.2) is 29.9 Å². The average Bonchev–Trinajstić information content (AvgIpc) is 1.58. The van der Waals surface area contributed by atoms with Gasteiger partial charge >= 0.3 is 63.2 Å². The molecule has 0 atom stereocenters. The first-order valence-electron chi connectivity index (χ1n) is 46.2. The molecule has 15 aromatic heterocycles. The van der Waals surface area contributed by atoms with Crippen LogP contribution in [-0.2, 0) is 127 Å². The van der Waals surface area contributed by atoms with E-state index in [9.17, 15) is 0 Å². The van der Waals surface area contributed by atoms with Crippen LogP contribution in [0.3, 0.4) is 0 Å². The van der Waals surface area contributed by atoms with E-state index in [0.717, 1.165) is 252 Å². The summed E-state index contributed by atoms with van der Waals surface area (Å²) in [5, 5.41) is 6.65. The summed E-state index contributed by atoms with van der Waals surface area (Å²) in [5.41, 5.74) is 28.8. The Hall–Kier alpha value is -16.8. The first kappa shape index (κ1) is 92.3. The molecule has 0 radical (unpaired) electrons. The number of pyridine rings is 3. The maximum absolute atomic E-state index is 5.07. The number of para-hydroxylation sites is 5. The van der Waals surface area contributed by atoms with Crippen molar-refractivity contribution >= 4 is 98.5 Å². The standard InChI is InChI=1S/3C39H28N8.3Pt/c1-44-20-18-40-37(44)27-14-17-31(42-24-27)25-12-16-30(39-41-19-21-45(39)2)36(22-25)47-33-10-6-4-8-28(33)29-15-13-26(23-35(29)47)38-43-32-9-5-7-11-34(32)46(38)3;1-44-19-17-41-37(44)26-12-15-34-31(22-26)30-13-10-28(23-35(30)47(34)29-8-6-7-25(21-29)32-9-4-5-16-40-32)39-43-33-14-11-27(24-36(33)46(39)3)38-42-18-20-45(38)2;1-44-19-17-40-37(44)26-13-16-34-31(22-26)30-14-11-27(39-43-33-9-4-5-10-35(33)46(39)3)23-36(30)47(34)29-8-6-7-25(21-29)32-15-12-28(24-42-32)38-41-18-20-45(38)2;;;/h4-21,24H,1-3H3;2*4-20,22,24H,1-3H3;;;/q3*-2;3*+2. The van der Waals surface area contributed by atoms with E-state index in [2.05, 4.69) is 291 Å². The molecule has 24 nitrogen and oxygen atoms in total. The Balaban J connectivity index is 0.000000122. The van der Waals surface area contributed by atoms with Crippen LogP contribution in [0.5, 0.6) is 0 Å². The van der Waals surface area contributed by atoms with E-state index in [1.165, 1.54) is 0 Å². The van der Waals surface area contributed by atoms with Gasteiger partial charge in [0.15, 0.2) is 0 Å². The SMILES string of the molecule is Cn1ccnc1-c1ccc(-c2[c-]c(-n3c4[c-]c(-c5nc6ccccc6n5C)ccc4c4cc(-c5nccn5C)ccc43)ccc2)nc1.Cn1ccnc1-c1ccc(-c2[c-]c(-n3c4[c-]c(-c5nc6ccccc6n5C)ccc4c4ccccc43)c(-c3nccn3C)cc2)nc1.Cn1ccnc1-c1ccc2c(c1)c1ccc(-c3nc4ccc(-c5nccn5C)cc4n3C)[c-]c1n2-c1[c-]c(-c2ccccn2)ccc1.[Pt+2].[Pt+2].[Pt+2]. The van der Waals surface area contributed by atoms with Crippen molar-refractivity contribution in [2.45, 2.75) is 0 Å². The van der Waals surface area contributed by atoms with Crippen LogP contribution < -0.4 is 0 Å². The van der Waals surface area contributed by atoms with Crippen LogP contribution in [0.15, 0.2) is 348 Å². The fourth-order valence-corrected chi connectivity index (χ4v) is 19.7. The van der Waals surface area contributed by atoms with Crippen molar-refractivity contribution in [1.82, 2.24) is 115 Å². The molecule has 0 N–H and O–H groups in total. The van der Waals surface area contributed by atoms with Crippen molar-refractivity contribution in [1.29, 1.82) is 0 Å². The first-order valence-corrected chi connectivity index (χ1v) is 46.2. The molecular weight excluding hydrogens is 2330 g/mol. The van der Waals surface area contributed by atoms with Gasteiger partial charge in [-0.05, 0) is 151 Å². The zero-order chi connectivity index (χ0) is 94.9. The molecule has 0 aliphatic heterocycles. The number of nitrogens with zero attached hydrogens (tertiary/aromatic N) is 24. The van der Waals surface area contributed by atoms with E-state index in [0.29, 0.717) is 0 Å². The van der Waals surface area contributed by atoms with Crippen molar-refractivity contribution < 1.29 is 63.2 Å². The molecule has 702 valence electrons. The first-order chi connectivity index (χ1) is 69.1. The Kier molecular flexibility index (Phi) is 24.1. The summed E-state index contributed by atoms with van der Waals surface area (Å²) in [6.07, 6.45) is 28.2. The average molecular weight is 2410 g/mol. The molecule has 27 aromatic rings. The Morgan fingerprint density at radius 2 is 0.576 bits per heavy atom. The molecule has 0 amide bonds. The quantitative estimate of drug-likeness (QED) is 0.0877. The summed E-state index contributed by atoms with van der Waals surface area (Å²) in [7, 11) is 18.2. The van der Waals surface area contributed by atoms with Crippen LogP contribution in [0.2, 0.25) is 0 Å². The topological polar surface area (TPSA) is 214 Å². The van der Waals surface area contributed by atoms with Gasteiger partial charge in [-0.15, -0.1) is 155 Å². The number of benzene rings is 12. The second-order valence-corrected chi connectivity index (χ2v) is 35.3. The number of fused-ring (bicyclic) bond motifs is 12. The Morgan fingerprint density at radius 1 is 0.215 bits per heavy atom. The van der Waals surface area contributed by atoms with Gasteiger partial charge in [-0.2, -0.15) is 0 Å². The molecule has 0 aliphatic carbocycles. The number of hydrogen-bond acceptors (Lipinski definition) is 12. The summed E-state index contributed by atoms with van der Waals surface area (Å²) >= 11 is 0. The van der Waals surface area contributed by atoms with Gasteiger partial charge in [-0.3, -0.25) is 15.0 Å². The van der Waals surface area contributed by atoms with Crippen LogP contribution in [0, 0.1) is 36.4 Å². The van der Waals surface area contributed by atoms with Gasteiger partial charge < -0.3 is 69.8 Å². The van der Waals surface area contributed by atoms with E-state index in [1.54, 1.807) is 12.4 Å². The summed E-state index contributed by atoms with van der Waals surface area (Å²) in [4.78, 5) is 56.7. The summed E-state index contributed by atoms with van der Waals surface area (Å²) in [6.45, 7) is 0. The Bertz CT molecular complexity index is 9600. The molecule has 12 aromatic carbocycles. The van der Waals surface area contributed by atoms with Crippen molar-refractivity contribution in [2.24, 2.45) is 63.4 Å². The molecular formula is C117H84N24Pt3. The van der Waals surface area contributed by atoms with Gasteiger partial charge in [0.1, 0.15) is 29.1 Å². The molecule has 0 saturated carbocycles. The zero-order valence-electron chi connectivity index (χ0n) is 79.1. The third kappa shape index (κ3) is 16.0. The molecule has 0 aliphatic rings. The predicted molar refractivity (Wildman–Crippen MR) is 557 cm³/mol. The van der Waals surface area contributed by atoms with Crippen molar-refractivity contribution in [3.63, 3.8) is 0 Å². The summed E-state index contributed by atoms with van der Waals surface area (Å²) < 4.78 is 25.3. The van der Waals surface area contributed by atoms with E-state index < -0.39 is 0 Å². The smallest absolute Gasteiger partial charge is 0.367 e. The minimum Gasteiger partial charge on any atom is -0.367 e. The minimum atomic E-state index is 0. The molecule has 0 fully saturated rings. The summed E-state index contributed by atoms with van der Waals surface area (Å²) in [5.74, 6) is 7.93. The van der Waals surface area contributed by atoms with Crippen LogP contribution in [0.25, 0.3) is 252 Å². The van der Waals surface area contributed by atoms with Gasteiger partial charge in [-0.1, -0.05) is 107 Å². The van der Waals surface area contributed by atoms with E-state index >= 15 is 0 Å². The second-order valence-electron chi connectivity index (χ2n) is 35.3. The molecule has 15 heterocycles. The number of hydrogen-bond donors (Lipinski definition) is 0. The van der Waals surface area contributed by atoms with Gasteiger partial charge in [0.2, 0.25) is 0 Å². The van der Waals surface area contributed by atoms with Crippen LogP contribution in [0.1, 0.15) is 0 Å². The largest absolute Gasteiger partial charge is 2.00 e. The van der Waals surface area contributed by atoms with Crippen LogP contribution in [0.4, 0.5) is 0 Å². The second kappa shape index (κ2) is 37.7. The number of imidazole rings is 9. The van der Waals surface area contributed by atoms with Crippen LogP contribution >= 0.6 is 0 Å². The van der Waals surface area contributed by atoms with E-state index in [1.807, 2.05) is 229 Å². The molecule has 27 heteroatoms. The molecule has 0 bridgehead atoms. The normalized spacial score (nSPS) is 11.5. The number of aryl methyl sites for hydroxylation is 9. The Morgan fingerprint density at radius 3 is 1.01 bits per heavy atom. The predicted octanol–water partition coefficient (Wildman–Crippen LogP) is 23.4. The van der Waals surface area contributed by atoms with E-state index in [4.69, 9.17) is 29.9 Å². The third-order valence-corrected chi connectivity index (χ3v) is 26.8. The van der Waals surface area contributed by atoms with Crippen molar-refractivity contribution in [2.75, 3.05) is 0 Å². The summed E-state index contributed by atoms with van der Waals surface area (Å²) in [6, 6.07) is 110. The zero-order valence-corrected chi connectivity index (χ0v) is 85.9. The fourth-order valence-electron chi connectivity index (χ4n) is 19.7. The third-order valence-electron chi connectivity index (χ3n) is 26.8. The Labute approximate surface area is 870 Å². The fraction of sp³-hybridized carbons (Fsp3) is 0.0769. The maximum atomic E-state index is 5.07. The maximum Gasteiger partial charge on any atom is 2.00 e. The molecule has 0 saturated heterocycles. The van der Waals surface area contributed by atoms with Crippen molar-refractivity contribution in [3.8, 4) is 153 Å². The van der Waals surface area contributed by atoms with Crippen LogP contribution in [-0.4, -0.2) is 115 Å². The molecule has 144 heavy (non-hydrogen) atoms. The van der Waals surface area contributed by atoms with Crippen molar-refractivity contribution in [3.05, 3.63) is 384 Å².